The molecule has 1 aromatic heterocycles. The van der Waals surface area contributed by atoms with E-state index in [0.29, 0.717) is 0 Å². The molecule has 0 aliphatic carbocycles. The summed E-state index contributed by atoms with van der Waals surface area (Å²) >= 11 is 0. The number of imidazole rings is 1. The van der Waals surface area contributed by atoms with Crippen LogP contribution in [0, 0.1) is 6.33 Å². The van der Waals surface area contributed by atoms with Crippen molar-refractivity contribution >= 4 is 11.0 Å². The molecule has 0 aliphatic heterocycles. The molecular formula is C8H7N2-. The highest BCUT2D eigenvalue weighted by Crippen LogP contribution is 2.08. The smallest absolute Gasteiger partial charge is 0.00125 e. The minimum atomic E-state index is 1.00. The van der Waals surface area contributed by atoms with Crippen LogP contribution in [0.15, 0.2) is 24.3 Å². The van der Waals surface area contributed by atoms with Crippen LogP contribution in [0.5, 0.6) is 0 Å². The maximum absolute atomic E-state index is 4.06. The summed E-state index contributed by atoms with van der Waals surface area (Å²) < 4.78 is 1.88. The number of hydrogen-bond acceptors (Lipinski definition) is 1. The van der Waals surface area contributed by atoms with Gasteiger partial charge in [-0.25, -0.2) is 0 Å². The molecule has 0 fully saturated rings. The minimum absolute atomic E-state index is 1.00. The average molecular weight is 131 g/mol. The first-order valence-corrected chi connectivity index (χ1v) is 3.17. The maximum Gasteiger partial charge on any atom is 0.00125 e. The van der Waals surface area contributed by atoms with Crippen molar-refractivity contribution in [1.82, 2.24) is 9.55 Å². The highest BCUT2D eigenvalue weighted by molar-refractivity contribution is 5.74. The predicted octanol–water partition coefficient (Wildman–Crippen LogP) is 1.37. The monoisotopic (exact) mass is 131 g/mol. The molecule has 2 rings (SSSR count). The molecule has 0 aliphatic rings. The van der Waals surface area contributed by atoms with Gasteiger partial charge in [0.15, 0.2) is 0 Å². The van der Waals surface area contributed by atoms with Crippen molar-refractivity contribution in [2.75, 3.05) is 0 Å². The molecule has 0 N–H and O–H groups in total. The number of para-hydroxylation sites is 2. The van der Waals surface area contributed by atoms with Crippen molar-refractivity contribution in [1.29, 1.82) is 0 Å². The van der Waals surface area contributed by atoms with Crippen LogP contribution < -0.4 is 0 Å². The Balaban J connectivity index is 2.93. The topological polar surface area (TPSA) is 17.8 Å². The molecule has 0 spiro atoms. The van der Waals surface area contributed by atoms with Crippen molar-refractivity contribution in [2.45, 2.75) is 0 Å². The van der Waals surface area contributed by atoms with Gasteiger partial charge < -0.3 is 9.55 Å². The van der Waals surface area contributed by atoms with E-state index in [-0.39, 0.29) is 0 Å². The van der Waals surface area contributed by atoms with Gasteiger partial charge >= 0.3 is 0 Å². The average Bonchev–Trinajstić information content (AvgIpc) is 2.34. The van der Waals surface area contributed by atoms with Crippen LogP contribution in [-0.2, 0) is 7.05 Å². The molecule has 2 nitrogen and oxygen atoms in total. The Morgan fingerprint density at radius 1 is 1.40 bits per heavy atom. The van der Waals surface area contributed by atoms with E-state index in [1.54, 1.807) is 0 Å². The summed E-state index contributed by atoms with van der Waals surface area (Å²) in [7, 11) is 1.94. The van der Waals surface area contributed by atoms with Gasteiger partial charge in [0.1, 0.15) is 0 Å². The van der Waals surface area contributed by atoms with Crippen LogP contribution in [0.1, 0.15) is 0 Å². The third-order valence-corrected chi connectivity index (χ3v) is 1.56. The summed E-state index contributed by atoms with van der Waals surface area (Å²) in [6.45, 7) is 0. The Morgan fingerprint density at radius 3 is 3.00 bits per heavy atom. The molecule has 0 amide bonds. The van der Waals surface area contributed by atoms with Crippen molar-refractivity contribution in [3.63, 3.8) is 0 Å². The van der Waals surface area contributed by atoms with Crippen LogP contribution in [0.3, 0.4) is 0 Å². The molecule has 0 unspecified atom stereocenters. The summed E-state index contributed by atoms with van der Waals surface area (Å²) in [6.07, 6.45) is 2.84. The van der Waals surface area contributed by atoms with E-state index in [4.69, 9.17) is 0 Å². The summed E-state index contributed by atoms with van der Waals surface area (Å²) in [5, 5.41) is 0. The lowest BCUT2D eigenvalue weighted by Crippen LogP contribution is -1.82. The molecule has 0 saturated heterocycles. The zero-order chi connectivity index (χ0) is 6.97. The van der Waals surface area contributed by atoms with Gasteiger partial charge in [-0.15, -0.1) is 12.1 Å². The molecule has 0 atom stereocenters. The van der Waals surface area contributed by atoms with Gasteiger partial charge in [0, 0.05) is 6.33 Å². The normalized spacial score (nSPS) is 10.5. The Labute approximate surface area is 59.1 Å². The van der Waals surface area contributed by atoms with Crippen molar-refractivity contribution in [2.24, 2.45) is 7.05 Å². The van der Waals surface area contributed by atoms with Gasteiger partial charge in [-0.2, -0.15) is 0 Å². The van der Waals surface area contributed by atoms with Crippen LogP contribution in [0.25, 0.3) is 11.0 Å². The van der Waals surface area contributed by atoms with Crippen LogP contribution in [0.4, 0.5) is 0 Å². The summed E-state index contributed by atoms with van der Waals surface area (Å²) in [4.78, 5) is 4.06. The van der Waals surface area contributed by atoms with E-state index in [9.17, 15) is 0 Å². The molecule has 50 valence electrons. The Kier molecular flexibility index (Phi) is 1.01. The van der Waals surface area contributed by atoms with Gasteiger partial charge in [0.05, 0.1) is 0 Å². The van der Waals surface area contributed by atoms with E-state index in [1.807, 2.05) is 35.9 Å². The van der Waals surface area contributed by atoms with Gasteiger partial charge in [0.2, 0.25) is 0 Å². The molecule has 2 aromatic rings. The predicted molar refractivity (Wildman–Crippen MR) is 39.6 cm³/mol. The number of rotatable bonds is 0. The van der Waals surface area contributed by atoms with Crippen LogP contribution in [0.2, 0.25) is 0 Å². The standard InChI is InChI=1S/C8H7N2/c1-10-6-9-7-4-2-3-5-8(7)10/h2-5H,1H3/q-1. The number of aromatic nitrogens is 2. The lowest BCUT2D eigenvalue weighted by atomic mass is 10.3. The Morgan fingerprint density at radius 2 is 2.20 bits per heavy atom. The third-order valence-electron chi connectivity index (χ3n) is 1.56. The lowest BCUT2D eigenvalue weighted by Gasteiger charge is -2.00. The van der Waals surface area contributed by atoms with E-state index in [0.717, 1.165) is 11.0 Å². The zero-order valence-electron chi connectivity index (χ0n) is 5.70. The molecule has 1 heterocycles. The number of fused-ring (bicyclic) bond motifs is 1. The molecule has 0 saturated carbocycles. The zero-order valence-corrected chi connectivity index (χ0v) is 5.70. The fourth-order valence-corrected chi connectivity index (χ4v) is 1.03. The molecular weight excluding hydrogens is 124 g/mol. The van der Waals surface area contributed by atoms with Gasteiger partial charge in [-0.1, -0.05) is 23.2 Å². The highest BCUT2D eigenvalue weighted by Gasteiger charge is 1.82. The highest BCUT2D eigenvalue weighted by atomic mass is 15.0. The second kappa shape index (κ2) is 1.84. The lowest BCUT2D eigenvalue weighted by molar-refractivity contribution is 0.936. The van der Waals surface area contributed by atoms with Gasteiger partial charge in [-0.05, 0) is 7.05 Å². The van der Waals surface area contributed by atoms with E-state index < -0.39 is 0 Å². The summed E-state index contributed by atoms with van der Waals surface area (Å²) in [6, 6.07) is 7.98. The molecule has 10 heavy (non-hydrogen) atoms. The van der Waals surface area contributed by atoms with Crippen LogP contribution >= 0.6 is 0 Å². The Bertz CT molecular complexity index is 349. The summed E-state index contributed by atoms with van der Waals surface area (Å²) in [5.74, 6) is 0. The quantitative estimate of drug-likeness (QED) is 0.494. The second-order valence-electron chi connectivity index (χ2n) is 2.26. The van der Waals surface area contributed by atoms with E-state index in [1.165, 1.54) is 0 Å². The second-order valence-corrected chi connectivity index (χ2v) is 2.26. The number of nitrogens with zero attached hydrogens (tertiary/aromatic N) is 2. The molecule has 0 bridgehead atoms. The Hall–Kier alpha value is -1.31. The van der Waals surface area contributed by atoms with E-state index >= 15 is 0 Å². The number of hydrogen-bond donors (Lipinski definition) is 0. The largest absolute Gasteiger partial charge is 0.450 e. The van der Waals surface area contributed by atoms with Gasteiger partial charge in [0.25, 0.3) is 0 Å². The fourth-order valence-electron chi connectivity index (χ4n) is 1.03. The third kappa shape index (κ3) is 0.620. The number of benzene rings is 1. The first-order chi connectivity index (χ1) is 4.88. The van der Waals surface area contributed by atoms with E-state index in [2.05, 4.69) is 11.3 Å². The van der Waals surface area contributed by atoms with Crippen molar-refractivity contribution < 1.29 is 0 Å². The first kappa shape index (κ1) is 5.47. The molecule has 0 radical (unpaired) electrons. The van der Waals surface area contributed by atoms with Crippen LogP contribution in [-0.4, -0.2) is 9.55 Å². The van der Waals surface area contributed by atoms with Crippen molar-refractivity contribution in [3.05, 3.63) is 30.6 Å². The minimum Gasteiger partial charge on any atom is -0.450 e. The molecule has 2 heteroatoms. The number of aryl methyl sites for hydroxylation is 1. The fraction of sp³-hybridized carbons (Fsp3) is 0.125. The maximum atomic E-state index is 4.06. The first-order valence-electron chi connectivity index (χ1n) is 3.17. The van der Waals surface area contributed by atoms with Crippen molar-refractivity contribution in [3.8, 4) is 0 Å². The summed E-state index contributed by atoms with van der Waals surface area (Å²) in [5.41, 5.74) is 2.13. The SMILES string of the molecule is Cn1[c-]nc2ccccc21. The molecule has 1 aromatic carbocycles. The van der Waals surface area contributed by atoms with Gasteiger partial charge in [-0.3, -0.25) is 0 Å².